The Morgan fingerprint density at radius 2 is 1.93 bits per heavy atom. The second-order valence-electron chi connectivity index (χ2n) is 5.94. The molecule has 0 saturated heterocycles. The van der Waals surface area contributed by atoms with Crippen molar-refractivity contribution in [3.63, 3.8) is 0 Å². The summed E-state index contributed by atoms with van der Waals surface area (Å²) in [7, 11) is 1.54. The fourth-order valence-corrected chi connectivity index (χ4v) is 2.54. The number of ether oxygens (including phenoxy) is 2. The van der Waals surface area contributed by atoms with Gasteiger partial charge in [0.1, 0.15) is 18.2 Å². The van der Waals surface area contributed by atoms with Gasteiger partial charge < -0.3 is 19.3 Å². The first-order chi connectivity index (χ1) is 13.0. The molecule has 27 heavy (non-hydrogen) atoms. The van der Waals surface area contributed by atoms with Gasteiger partial charge in [0.15, 0.2) is 17.2 Å². The van der Waals surface area contributed by atoms with Crippen LogP contribution in [0.1, 0.15) is 27.4 Å². The topological polar surface area (TPSA) is 73.6 Å². The fraction of sp³-hybridized carbons (Fsp3) is 0.200. The Bertz CT molecular complexity index is 968. The smallest absolute Gasteiger partial charge is 0.278 e. The molecule has 0 aliphatic carbocycles. The number of amides is 1. The molecule has 0 spiro atoms. The molecule has 2 aromatic carbocycles. The number of para-hydroxylation sites is 2. The van der Waals surface area contributed by atoms with E-state index in [0.29, 0.717) is 22.8 Å². The van der Waals surface area contributed by atoms with E-state index in [4.69, 9.17) is 14.0 Å². The Morgan fingerprint density at radius 1 is 1.19 bits per heavy atom. The minimum Gasteiger partial charge on any atom is -0.493 e. The SMILES string of the molecule is COc1ccccc1OCc1c(C(=O)Nc2cc(C)ccc2F)noc1C. The number of aryl methyl sites for hydroxylation is 2. The number of aromatic nitrogens is 1. The summed E-state index contributed by atoms with van der Waals surface area (Å²) in [6.45, 7) is 3.54. The summed E-state index contributed by atoms with van der Waals surface area (Å²) in [4.78, 5) is 12.6. The number of halogens is 1. The summed E-state index contributed by atoms with van der Waals surface area (Å²) in [6, 6.07) is 11.6. The number of methoxy groups -OCH3 is 1. The predicted molar refractivity (Wildman–Crippen MR) is 97.7 cm³/mol. The van der Waals surface area contributed by atoms with E-state index in [1.54, 1.807) is 38.3 Å². The second-order valence-corrected chi connectivity index (χ2v) is 5.94. The number of hydrogen-bond acceptors (Lipinski definition) is 5. The fourth-order valence-electron chi connectivity index (χ4n) is 2.54. The van der Waals surface area contributed by atoms with Gasteiger partial charge in [-0.15, -0.1) is 0 Å². The number of nitrogens with one attached hydrogen (secondary N) is 1. The molecular formula is C20H19FN2O4. The summed E-state index contributed by atoms with van der Waals surface area (Å²) >= 11 is 0. The Morgan fingerprint density at radius 3 is 2.67 bits per heavy atom. The minimum absolute atomic E-state index is 0.0447. The zero-order valence-corrected chi connectivity index (χ0v) is 15.2. The van der Waals surface area contributed by atoms with Crippen LogP contribution in [0, 0.1) is 19.7 Å². The number of carbonyl (C=O) groups is 1. The summed E-state index contributed by atoms with van der Waals surface area (Å²) in [5, 5.41) is 6.32. The molecule has 0 saturated carbocycles. The second kappa shape index (κ2) is 7.90. The maximum atomic E-state index is 13.9. The lowest BCUT2D eigenvalue weighted by molar-refractivity contribution is 0.101. The highest BCUT2D eigenvalue weighted by Crippen LogP contribution is 2.28. The van der Waals surface area contributed by atoms with Crippen molar-refractivity contribution in [1.29, 1.82) is 0 Å². The van der Waals surface area contributed by atoms with Crippen LogP contribution >= 0.6 is 0 Å². The largest absolute Gasteiger partial charge is 0.493 e. The van der Waals surface area contributed by atoms with Crippen LogP contribution in [0.2, 0.25) is 0 Å². The molecule has 7 heteroatoms. The average Bonchev–Trinajstić information content (AvgIpc) is 3.04. The van der Waals surface area contributed by atoms with E-state index in [9.17, 15) is 9.18 Å². The van der Waals surface area contributed by atoms with Gasteiger partial charge >= 0.3 is 0 Å². The molecule has 1 heterocycles. The van der Waals surface area contributed by atoms with Crippen LogP contribution in [0.25, 0.3) is 0 Å². The van der Waals surface area contributed by atoms with E-state index in [0.717, 1.165) is 5.56 Å². The van der Waals surface area contributed by atoms with Crippen LogP contribution in [-0.4, -0.2) is 18.2 Å². The third kappa shape index (κ3) is 4.08. The number of carbonyl (C=O) groups excluding carboxylic acids is 1. The molecule has 1 aromatic heterocycles. The van der Waals surface area contributed by atoms with Crippen molar-refractivity contribution in [2.75, 3.05) is 12.4 Å². The van der Waals surface area contributed by atoms with Gasteiger partial charge in [0.05, 0.1) is 18.4 Å². The molecule has 1 amide bonds. The Kier molecular flexibility index (Phi) is 5.40. The molecule has 6 nitrogen and oxygen atoms in total. The van der Waals surface area contributed by atoms with Crippen LogP contribution in [0.4, 0.5) is 10.1 Å². The molecule has 1 N–H and O–H groups in total. The molecule has 0 aliphatic rings. The van der Waals surface area contributed by atoms with Crippen molar-refractivity contribution in [2.24, 2.45) is 0 Å². The Balaban J connectivity index is 1.79. The molecule has 0 radical (unpaired) electrons. The zero-order valence-electron chi connectivity index (χ0n) is 15.2. The number of hydrogen-bond donors (Lipinski definition) is 1. The van der Waals surface area contributed by atoms with Crippen molar-refractivity contribution in [3.05, 3.63) is 70.9 Å². The molecule has 3 rings (SSSR count). The monoisotopic (exact) mass is 370 g/mol. The minimum atomic E-state index is -0.574. The van der Waals surface area contributed by atoms with Crippen molar-refractivity contribution in [3.8, 4) is 11.5 Å². The van der Waals surface area contributed by atoms with Crippen molar-refractivity contribution in [1.82, 2.24) is 5.16 Å². The van der Waals surface area contributed by atoms with Gasteiger partial charge in [0, 0.05) is 0 Å². The highest BCUT2D eigenvalue weighted by molar-refractivity contribution is 6.04. The van der Waals surface area contributed by atoms with Crippen LogP contribution in [0.15, 0.2) is 47.0 Å². The Labute approximate surface area is 155 Å². The third-order valence-electron chi connectivity index (χ3n) is 4.01. The standard InChI is InChI=1S/C20H19FN2O4/c1-12-8-9-15(21)16(10-12)22-20(24)19-14(13(2)27-23-19)11-26-18-7-5-4-6-17(18)25-3/h4-10H,11H2,1-3H3,(H,22,24). The van der Waals surface area contributed by atoms with Crippen LogP contribution in [-0.2, 0) is 6.61 Å². The first-order valence-corrected chi connectivity index (χ1v) is 8.28. The van der Waals surface area contributed by atoms with E-state index in [2.05, 4.69) is 10.5 Å². The normalized spacial score (nSPS) is 10.5. The van der Waals surface area contributed by atoms with Crippen molar-refractivity contribution >= 4 is 11.6 Å². The van der Waals surface area contributed by atoms with Crippen LogP contribution in [0.3, 0.4) is 0 Å². The molecule has 3 aromatic rings. The number of anilines is 1. The van der Waals surface area contributed by atoms with Gasteiger partial charge in [-0.3, -0.25) is 4.79 Å². The van der Waals surface area contributed by atoms with Gasteiger partial charge in [-0.1, -0.05) is 23.4 Å². The number of nitrogens with zero attached hydrogens (tertiary/aromatic N) is 1. The lowest BCUT2D eigenvalue weighted by atomic mass is 10.1. The molecule has 0 bridgehead atoms. The zero-order chi connectivity index (χ0) is 19.4. The van der Waals surface area contributed by atoms with E-state index in [1.165, 1.54) is 6.07 Å². The van der Waals surface area contributed by atoms with E-state index < -0.39 is 11.7 Å². The maximum Gasteiger partial charge on any atom is 0.278 e. The average molecular weight is 370 g/mol. The predicted octanol–water partition coefficient (Wildman–Crippen LogP) is 4.27. The van der Waals surface area contributed by atoms with Gasteiger partial charge in [-0.2, -0.15) is 0 Å². The quantitative estimate of drug-likeness (QED) is 0.701. The molecule has 0 atom stereocenters. The number of rotatable bonds is 6. The lowest BCUT2D eigenvalue weighted by Crippen LogP contribution is -2.16. The maximum absolute atomic E-state index is 13.9. The Hall–Kier alpha value is -3.35. The van der Waals surface area contributed by atoms with E-state index in [1.807, 2.05) is 19.1 Å². The van der Waals surface area contributed by atoms with Gasteiger partial charge in [-0.25, -0.2) is 4.39 Å². The van der Waals surface area contributed by atoms with Crippen molar-refractivity contribution < 1.29 is 23.2 Å². The lowest BCUT2D eigenvalue weighted by Gasteiger charge is -2.11. The van der Waals surface area contributed by atoms with Gasteiger partial charge in [0.2, 0.25) is 0 Å². The summed E-state index contributed by atoms with van der Waals surface area (Å²) in [6.07, 6.45) is 0. The highest BCUT2D eigenvalue weighted by Gasteiger charge is 2.22. The molecular weight excluding hydrogens is 351 g/mol. The molecule has 140 valence electrons. The summed E-state index contributed by atoms with van der Waals surface area (Å²) in [5.74, 6) is 0.437. The molecule has 0 fully saturated rings. The number of benzene rings is 2. The molecule has 0 unspecified atom stereocenters. The first kappa shape index (κ1) is 18.4. The van der Waals surface area contributed by atoms with Gasteiger partial charge in [0.25, 0.3) is 5.91 Å². The third-order valence-corrected chi connectivity index (χ3v) is 4.01. The highest BCUT2D eigenvalue weighted by atomic mass is 19.1. The summed E-state index contributed by atoms with van der Waals surface area (Å²) in [5.41, 5.74) is 1.43. The first-order valence-electron chi connectivity index (χ1n) is 8.28. The van der Waals surface area contributed by atoms with Crippen molar-refractivity contribution in [2.45, 2.75) is 20.5 Å². The summed E-state index contributed by atoms with van der Waals surface area (Å²) < 4.78 is 30.0. The van der Waals surface area contributed by atoms with Crippen LogP contribution in [0.5, 0.6) is 11.5 Å². The van der Waals surface area contributed by atoms with E-state index in [-0.39, 0.29) is 18.0 Å². The van der Waals surface area contributed by atoms with Crippen LogP contribution < -0.4 is 14.8 Å². The van der Waals surface area contributed by atoms with Gasteiger partial charge in [-0.05, 0) is 43.7 Å². The molecule has 0 aliphatic heterocycles. The van der Waals surface area contributed by atoms with E-state index >= 15 is 0 Å².